The van der Waals surface area contributed by atoms with Crippen LogP contribution in [0.1, 0.15) is 24.1 Å². The summed E-state index contributed by atoms with van der Waals surface area (Å²) < 4.78 is 5.51. The standard InChI is InChI=1S/C28H22N2O4/c1-2-34-21-14-12-20(13-15-21)30-25(19-9-6-16-29-17-19)24(27(32)28(30)33)26(31)23-11-5-8-18-7-3-4-10-22(18)23/h3-17,25,31H,2H2,1H3/b26-24-. The fourth-order valence-corrected chi connectivity index (χ4v) is 4.40. The van der Waals surface area contributed by atoms with Crippen molar-refractivity contribution in [3.05, 3.63) is 108 Å². The maximum Gasteiger partial charge on any atom is 0.300 e. The topological polar surface area (TPSA) is 79.7 Å². The van der Waals surface area contributed by atoms with Crippen LogP contribution in [0.15, 0.2) is 96.8 Å². The van der Waals surface area contributed by atoms with Crippen LogP contribution in [-0.2, 0) is 9.59 Å². The molecule has 34 heavy (non-hydrogen) atoms. The molecule has 1 aliphatic rings. The van der Waals surface area contributed by atoms with Gasteiger partial charge in [-0.3, -0.25) is 19.5 Å². The summed E-state index contributed by atoms with van der Waals surface area (Å²) in [4.78, 5) is 32.2. The number of nitrogens with zero attached hydrogens (tertiary/aromatic N) is 2. The van der Waals surface area contributed by atoms with E-state index in [9.17, 15) is 14.7 Å². The van der Waals surface area contributed by atoms with Gasteiger partial charge in [-0.1, -0.05) is 48.5 Å². The predicted molar refractivity (Wildman–Crippen MR) is 131 cm³/mol. The van der Waals surface area contributed by atoms with E-state index in [-0.39, 0.29) is 11.3 Å². The van der Waals surface area contributed by atoms with Gasteiger partial charge in [0.1, 0.15) is 11.5 Å². The highest BCUT2D eigenvalue weighted by Crippen LogP contribution is 2.43. The molecule has 0 aliphatic carbocycles. The molecule has 1 saturated heterocycles. The van der Waals surface area contributed by atoms with Crippen LogP contribution in [0.25, 0.3) is 16.5 Å². The average molecular weight is 450 g/mol. The van der Waals surface area contributed by atoms with Crippen molar-refractivity contribution in [2.45, 2.75) is 13.0 Å². The first-order valence-electron chi connectivity index (χ1n) is 11.0. The molecule has 0 saturated carbocycles. The van der Waals surface area contributed by atoms with Crippen LogP contribution in [0, 0.1) is 0 Å². The molecule has 1 aromatic heterocycles. The normalized spacial score (nSPS) is 17.3. The average Bonchev–Trinajstić information content (AvgIpc) is 3.15. The van der Waals surface area contributed by atoms with Crippen molar-refractivity contribution in [1.82, 2.24) is 4.98 Å². The molecule has 3 aromatic carbocycles. The number of rotatable bonds is 5. The summed E-state index contributed by atoms with van der Waals surface area (Å²) in [6, 6.07) is 22.8. The predicted octanol–water partition coefficient (Wildman–Crippen LogP) is 5.26. The Kier molecular flexibility index (Phi) is 5.55. The molecule has 4 aromatic rings. The number of hydrogen-bond donors (Lipinski definition) is 1. The number of aromatic nitrogens is 1. The zero-order valence-electron chi connectivity index (χ0n) is 18.5. The Hall–Kier alpha value is -4.45. The van der Waals surface area contributed by atoms with Gasteiger partial charge in [0.25, 0.3) is 11.7 Å². The summed E-state index contributed by atoms with van der Waals surface area (Å²) in [6.07, 6.45) is 3.23. The molecule has 0 bridgehead atoms. The first kappa shape index (κ1) is 21.4. The molecule has 1 unspecified atom stereocenters. The fraction of sp³-hybridized carbons (Fsp3) is 0.107. The third-order valence-corrected chi connectivity index (χ3v) is 5.92. The van der Waals surface area contributed by atoms with E-state index in [0.29, 0.717) is 29.2 Å². The molecule has 5 rings (SSSR count). The zero-order valence-corrected chi connectivity index (χ0v) is 18.5. The van der Waals surface area contributed by atoms with Crippen LogP contribution in [0.3, 0.4) is 0 Å². The molecule has 1 fully saturated rings. The first-order chi connectivity index (χ1) is 16.6. The summed E-state index contributed by atoms with van der Waals surface area (Å²) in [7, 11) is 0. The monoisotopic (exact) mass is 450 g/mol. The lowest BCUT2D eigenvalue weighted by Gasteiger charge is -2.25. The molecule has 1 aliphatic heterocycles. The highest BCUT2D eigenvalue weighted by atomic mass is 16.5. The summed E-state index contributed by atoms with van der Waals surface area (Å²) in [5.74, 6) is -0.998. The molecular formula is C28H22N2O4. The second kappa shape index (κ2) is 8.83. The number of ether oxygens (including phenoxy) is 1. The molecule has 1 atom stereocenters. The van der Waals surface area contributed by atoms with Crippen molar-refractivity contribution in [2.24, 2.45) is 0 Å². The van der Waals surface area contributed by atoms with Crippen molar-refractivity contribution >= 4 is 33.9 Å². The second-order valence-corrected chi connectivity index (χ2v) is 7.91. The van der Waals surface area contributed by atoms with Crippen LogP contribution in [0.5, 0.6) is 5.75 Å². The van der Waals surface area contributed by atoms with Crippen LogP contribution in [-0.4, -0.2) is 28.4 Å². The largest absolute Gasteiger partial charge is 0.507 e. The molecule has 1 N–H and O–H groups in total. The molecule has 1 amide bonds. The van der Waals surface area contributed by atoms with Crippen LogP contribution >= 0.6 is 0 Å². The first-order valence-corrected chi connectivity index (χ1v) is 11.0. The van der Waals surface area contributed by atoms with E-state index in [2.05, 4.69) is 4.98 Å². The maximum atomic E-state index is 13.3. The van der Waals surface area contributed by atoms with Crippen molar-refractivity contribution < 1.29 is 19.4 Å². The van der Waals surface area contributed by atoms with E-state index in [1.807, 2.05) is 43.3 Å². The molecular weight excluding hydrogens is 428 g/mol. The molecule has 0 radical (unpaired) electrons. The van der Waals surface area contributed by atoms with E-state index >= 15 is 0 Å². The lowest BCUT2D eigenvalue weighted by molar-refractivity contribution is -0.132. The Morgan fingerprint density at radius 3 is 2.47 bits per heavy atom. The van der Waals surface area contributed by atoms with Crippen molar-refractivity contribution in [3.8, 4) is 5.75 Å². The molecule has 0 spiro atoms. The molecule has 6 nitrogen and oxygen atoms in total. The number of carbonyl (C=O) groups is 2. The number of hydrogen-bond acceptors (Lipinski definition) is 5. The number of aliphatic hydroxyl groups excluding tert-OH is 1. The van der Waals surface area contributed by atoms with Crippen LogP contribution in [0.4, 0.5) is 5.69 Å². The van der Waals surface area contributed by atoms with Gasteiger partial charge in [-0.15, -0.1) is 0 Å². The van der Waals surface area contributed by atoms with Gasteiger partial charge in [-0.05, 0) is 53.6 Å². The number of anilines is 1. The summed E-state index contributed by atoms with van der Waals surface area (Å²) in [5, 5.41) is 13.2. The Morgan fingerprint density at radius 1 is 0.971 bits per heavy atom. The maximum absolute atomic E-state index is 13.3. The second-order valence-electron chi connectivity index (χ2n) is 7.91. The summed E-state index contributed by atoms with van der Waals surface area (Å²) in [6.45, 7) is 2.41. The van der Waals surface area contributed by atoms with E-state index in [4.69, 9.17) is 4.74 Å². The summed E-state index contributed by atoms with van der Waals surface area (Å²) in [5.41, 5.74) is 1.67. The van der Waals surface area contributed by atoms with Gasteiger partial charge in [-0.25, -0.2) is 0 Å². The highest BCUT2D eigenvalue weighted by molar-refractivity contribution is 6.51. The Labute approximate surface area is 196 Å². The fourth-order valence-electron chi connectivity index (χ4n) is 4.40. The van der Waals surface area contributed by atoms with Gasteiger partial charge < -0.3 is 9.84 Å². The number of fused-ring (bicyclic) bond motifs is 1. The highest BCUT2D eigenvalue weighted by Gasteiger charge is 2.47. The minimum Gasteiger partial charge on any atom is -0.507 e. The van der Waals surface area contributed by atoms with Gasteiger partial charge in [0.2, 0.25) is 0 Å². The van der Waals surface area contributed by atoms with Gasteiger partial charge >= 0.3 is 0 Å². The summed E-state index contributed by atoms with van der Waals surface area (Å²) >= 11 is 0. The SMILES string of the molecule is CCOc1ccc(N2C(=O)C(=O)/C(=C(\O)c3cccc4ccccc34)C2c2cccnc2)cc1. The molecule has 6 heteroatoms. The number of aliphatic hydroxyl groups is 1. The van der Waals surface area contributed by atoms with Crippen molar-refractivity contribution in [2.75, 3.05) is 11.5 Å². The third kappa shape index (κ3) is 3.59. The number of carbonyl (C=O) groups excluding carboxylic acids is 2. The van der Waals surface area contributed by atoms with Crippen LogP contribution in [0.2, 0.25) is 0 Å². The van der Waals surface area contributed by atoms with Gasteiger partial charge in [0, 0.05) is 23.6 Å². The zero-order chi connectivity index (χ0) is 23.7. The Balaban J connectivity index is 1.71. The number of benzene rings is 3. The van der Waals surface area contributed by atoms with Gasteiger partial charge in [0.15, 0.2) is 0 Å². The van der Waals surface area contributed by atoms with Gasteiger partial charge in [-0.2, -0.15) is 0 Å². The lowest BCUT2D eigenvalue weighted by atomic mass is 9.94. The van der Waals surface area contributed by atoms with Crippen LogP contribution < -0.4 is 9.64 Å². The smallest absolute Gasteiger partial charge is 0.300 e. The Morgan fingerprint density at radius 2 is 1.74 bits per heavy atom. The Bertz CT molecular complexity index is 1410. The molecule has 2 heterocycles. The van der Waals surface area contributed by atoms with Crippen molar-refractivity contribution in [3.63, 3.8) is 0 Å². The minimum atomic E-state index is -0.828. The lowest BCUT2D eigenvalue weighted by Crippen LogP contribution is -2.29. The van der Waals surface area contributed by atoms with E-state index in [0.717, 1.165) is 10.8 Å². The number of ketones is 1. The van der Waals surface area contributed by atoms with Crippen molar-refractivity contribution in [1.29, 1.82) is 0 Å². The van der Waals surface area contributed by atoms with Gasteiger partial charge in [0.05, 0.1) is 18.2 Å². The number of Topliss-reactive ketones (excluding diaryl/α,β-unsaturated/α-hetero) is 1. The number of amides is 1. The molecule has 168 valence electrons. The third-order valence-electron chi connectivity index (χ3n) is 5.92. The van der Waals surface area contributed by atoms with E-state index in [1.54, 1.807) is 54.9 Å². The van der Waals surface area contributed by atoms with E-state index in [1.165, 1.54) is 4.90 Å². The quantitative estimate of drug-likeness (QED) is 0.255. The minimum absolute atomic E-state index is 0.0308. The number of pyridine rings is 1. The van der Waals surface area contributed by atoms with E-state index < -0.39 is 17.7 Å².